The summed E-state index contributed by atoms with van der Waals surface area (Å²) in [5.74, 6) is -0.846. The van der Waals surface area contributed by atoms with Gasteiger partial charge in [-0.25, -0.2) is 9.78 Å². The van der Waals surface area contributed by atoms with Crippen LogP contribution in [0.15, 0.2) is 48.8 Å². The van der Waals surface area contributed by atoms with Gasteiger partial charge in [0.15, 0.2) is 0 Å². The number of imidazole rings is 1. The van der Waals surface area contributed by atoms with Crippen molar-refractivity contribution < 1.29 is 14.3 Å². The van der Waals surface area contributed by atoms with E-state index >= 15 is 0 Å². The van der Waals surface area contributed by atoms with Gasteiger partial charge in [0, 0.05) is 18.0 Å². The number of fused-ring (bicyclic) bond motifs is 1. The molecule has 3 rings (SSSR count). The van der Waals surface area contributed by atoms with Crippen LogP contribution < -0.4 is 5.32 Å². The van der Waals surface area contributed by atoms with Crippen LogP contribution in [0.1, 0.15) is 28.5 Å². The van der Waals surface area contributed by atoms with Gasteiger partial charge in [0.05, 0.1) is 10.7 Å². The zero-order chi connectivity index (χ0) is 18.7. The highest BCUT2D eigenvalue weighted by Gasteiger charge is 2.18. The van der Waals surface area contributed by atoms with E-state index in [0.29, 0.717) is 21.9 Å². The maximum absolute atomic E-state index is 12.2. The van der Waals surface area contributed by atoms with Crippen molar-refractivity contribution in [1.29, 1.82) is 0 Å². The zero-order valence-electron chi connectivity index (χ0n) is 14.4. The third-order valence-electron chi connectivity index (χ3n) is 3.81. The van der Waals surface area contributed by atoms with Crippen LogP contribution >= 0.6 is 11.6 Å². The van der Waals surface area contributed by atoms with Crippen LogP contribution in [0.3, 0.4) is 0 Å². The molecule has 0 unspecified atom stereocenters. The molecule has 0 radical (unpaired) electrons. The van der Waals surface area contributed by atoms with Crippen molar-refractivity contribution in [2.45, 2.75) is 26.5 Å². The second-order valence-electron chi connectivity index (χ2n) is 6.02. The number of nitrogens with one attached hydrogen (secondary N) is 1. The standard InChI is InChI=1S/C19H18ClN3O3/c1-12-4-3-5-14(8-12)18(24)21-13(2)19(25)26-11-16-10-23-9-15(20)6-7-17(23)22-16/h3-10,13H,11H2,1-2H3,(H,21,24)/t13-/m1/s1. The third kappa shape index (κ3) is 4.21. The van der Waals surface area contributed by atoms with Crippen LogP contribution in [0.4, 0.5) is 0 Å². The molecule has 1 amide bonds. The van der Waals surface area contributed by atoms with E-state index in [1.54, 1.807) is 54.0 Å². The number of carbonyl (C=O) groups is 2. The van der Waals surface area contributed by atoms with Crippen molar-refractivity contribution >= 4 is 29.1 Å². The van der Waals surface area contributed by atoms with E-state index in [2.05, 4.69) is 10.3 Å². The summed E-state index contributed by atoms with van der Waals surface area (Å²) in [6.07, 6.45) is 3.46. The summed E-state index contributed by atoms with van der Waals surface area (Å²) in [6, 6.07) is 9.90. The molecule has 6 nitrogen and oxygen atoms in total. The van der Waals surface area contributed by atoms with Crippen molar-refractivity contribution in [1.82, 2.24) is 14.7 Å². The number of carbonyl (C=O) groups excluding carboxylic acids is 2. The minimum Gasteiger partial charge on any atom is -0.458 e. The van der Waals surface area contributed by atoms with Crippen LogP contribution in [0.25, 0.3) is 5.65 Å². The van der Waals surface area contributed by atoms with Crippen molar-refractivity contribution in [2.75, 3.05) is 0 Å². The molecular weight excluding hydrogens is 354 g/mol. The summed E-state index contributed by atoms with van der Waals surface area (Å²) < 4.78 is 7.01. The predicted molar refractivity (Wildman–Crippen MR) is 98.1 cm³/mol. The number of rotatable bonds is 5. The Morgan fingerprint density at radius 2 is 2.08 bits per heavy atom. The van der Waals surface area contributed by atoms with E-state index in [1.165, 1.54) is 0 Å². The fourth-order valence-corrected chi connectivity index (χ4v) is 2.65. The summed E-state index contributed by atoms with van der Waals surface area (Å²) >= 11 is 5.93. The van der Waals surface area contributed by atoms with Crippen molar-refractivity contribution in [3.05, 3.63) is 70.6 Å². The van der Waals surface area contributed by atoms with Crippen molar-refractivity contribution in [3.8, 4) is 0 Å². The average Bonchev–Trinajstić information content (AvgIpc) is 3.01. The Labute approximate surface area is 155 Å². The molecule has 2 heterocycles. The second kappa shape index (κ2) is 7.58. The number of halogens is 1. The molecular formula is C19H18ClN3O3. The van der Waals surface area contributed by atoms with Crippen LogP contribution in [0.2, 0.25) is 5.02 Å². The molecule has 0 saturated heterocycles. The number of aromatic nitrogens is 2. The minimum absolute atomic E-state index is 0.0167. The lowest BCUT2D eigenvalue weighted by molar-refractivity contribution is -0.146. The van der Waals surface area contributed by atoms with Gasteiger partial charge in [-0.2, -0.15) is 0 Å². The predicted octanol–water partition coefficient (Wildman–Crippen LogP) is 3.16. The molecule has 0 bridgehead atoms. The van der Waals surface area contributed by atoms with Crippen LogP contribution in [0, 0.1) is 6.92 Å². The van der Waals surface area contributed by atoms with Crippen LogP contribution in [0.5, 0.6) is 0 Å². The number of hydrogen-bond acceptors (Lipinski definition) is 4. The lowest BCUT2D eigenvalue weighted by Gasteiger charge is -2.13. The molecule has 0 saturated carbocycles. The number of benzene rings is 1. The van der Waals surface area contributed by atoms with Crippen LogP contribution in [-0.4, -0.2) is 27.3 Å². The van der Waals surface area contributed by atoms with E-state index in [9.17, 15) is 9.59 Å². The lowest BCUT2D eigenvalue weighted by atomic mass is 10.1. The Morgan fingerprint density at radius 1 is 1.27 bits per heavy atom. The molecule has 0 fully saturated rings. The van der Waals surface area contributed by atoms with Gasteiger partial charge in [-0.05, 0) is 38.1 Å². The van der Waals surface area contributed by atoms with E-state index in [1.807, 2.05) is 13.0 Å². The fraction of sp³-hybridized carbons (Fsp3) is 0.211. The first-order valence-corrected chi connectivity index (χ1v) is 8.47. The van der Waals surface area contributed by atoms with Crippen molar-refractivity contribution in [2.24, 2.45) is 0 Å². The first-order valence-electron chi connectivity index (χ1n) is 8.09. The van der Waals surface area contributed by atoms with Gasteiger partial charge in [0.25, 0.3) is 5.91 Å². The number of ether oxygens (including phenoxy) is 1. The number of amides is 1. The molecule has 0 spiro atoms. The number of nitrogens with zero attached hydrogens (tertiary/aromatic N) is 2. The van der Waals surface area contributed by atoms with Gasteiger partial charge in [-0.15, -0.1) is 0 Å². The van der Waals surface area contributed by atoms with E-state index < -0.39 is 12.0 Å². The van der Waals surface area contributed by atoms with Gasteiger partial charge < -0.3 is 14.5 Å². The van der Waals surface area contributed by atoms with Gasteiger partial charge in [-0.1, -0.05) is 29.3 Å². The van der Waals surface area contributed by atoms with E-state index in [4.69, 9.17) is 16.3 Å². The summed E-state index contributed by atoms with van der Waals surface area (Å²) in [5.41, 5.74) is 2.78. The Balaban J connectivity index is 1.57. The van der Waals surface area contributed by atoms with Crippen LogP contribution in [-0.2, 0) is 16.1 Å². The Morgan fingerprint density at radius 3 is 2.85 bits per heavy atom. The quantitative estimate of drug-likeness (QED) is 0.699. The molecule has 3 aromatic rings. The van der Waals surface area contributed by atoms with Gasteiger partial charge >= 0.3 is 5.97 Å². The summed E-state index contributed by atoms with van der Waals surface area (Å²) in [6.45, 7) is 3.50. The van der Waals surface area contributed by atoms with Gasteiger partial charge in [0.1, 0.15) is 18.3 Å². The van der Waals surface area contributed by atoms with Gasteiger partial charge in [0.2, 0.25) is 0 Å². The number of esters is 1. The lowest BCUT2D eigenvalue weighted by Crippen LogP contribution is -2.39. The molecule has 26 heavy (non-hydrogen) atoms. The normalized spacial score (nSPS) is 12.0. The summed E-state index contributed by atoms with van der Waals surface area (Å²) in [7, 11) is 0. The molecule has 0 aliphatic rings. The Hall–Kier alpha value is -2.86. The zero-order valence-corrected chi connectivity index (χ0v) is 15.2. The second-order valence-corrected chi connectivity index (χ2v) is 6.45. The molecule has 1 atom stereocenters. The number of hydrogen-bond donors (Lipinski definition) is 1. The molecule has 0 aliphatic carbocycles. The third-order valence-corrected chi connectivity index (χ3v) is 4.03. The smallest absolute Gasteiger partial charge is 0.328 e. The molecule has 134 valence electrons. The highest BCUT2D eigenvalue weighted by atomic mass is 35.5. The molecule has 2 aromatic heterocycles. The highest BCUT2D eigenvalue weighted by molar-refractivity contribution is 6.30. The summed E-state index contributed by atoms with van der Waals surface area (Å²) in [5, 5.41) is 3.23. The van der Waals surface area contributed by atoms with Gasteiger partial charge in [-0.3, -0.25) is 4.79 Å². The average molecular weight is 372 g/mol. The minimum atomic E-state index is -0.769. The number of aryl methyl sites for hydroxylation is 1. The number of pyridine rings is 1. The fourth-order valence-electron chi connectivity index (χ4n) is 2.48. The highest BCUT2D eigenvalue weighted by Crippen LogP contribution is 2.12. The monoisotopic (exact) mass is 371 g/mol. The molecule has 7 heteroatoms. The topological polar surface area (TPSA) is 72.7 Å². The van der Waals surface area contributed by atoms with E-state index in [-0.39, 0.29) is 12.5 Å². The Bertz CT molecular complexity index is 968. The first kappa shape index (κ1) is 17.9. The molecule has 0 aliphatic heterocycles. The SMILES string of the molecule is Cc1cccc(C(=O)N[C@H](C)C(=O)OCc2cn3cc(Cl)ccc3n2)c1. The van der Waals surface area contributed by atoms with E-state index in [0.717, 1.165) is 5.56 Å². The first-order chi connectivity index (χ1) is 12.4. The summed E-state index contributed by atoms with van der Waals surface area (Å²) in [4.78, 5) is 28.7. The molecule has 1 N–H and O–H groups in total. The molecule has 1 aromatic carbocycles. The maximum Gasteiger partial charge on any atom is 0.328 e. The van der Waals surface area contributed by atoms with Crippen molar-refractivity contribution in [3.63, 3.8) is 0 Å². The maximum atomic E-state index is 12.2. The largest absolute Gasteiger partial charge is 0.458 e. The Kier molecular flexibility index (Phi) is 5.23.